The number of anilines is 1. The fraction of sp³-hybridized carbons (Fsp3) is 0.417. The molecule has 2 fully saturated rings. The Morgan fingerprint density at radius 2 is 1.84 bits per heavy atom. The van der Waals surface area contributed by atoms with Crippen LogP contribution in [0.25, 0.3) is 22.6 Å². The highest BCUT2D eigenvalue weighted by Gasteiger charge is 2.40. The van der Waals surface area contributed by atoms with Crippen LogP contribution in [-0.2, 0) is 0 Å². The molecule has 3 heterocycles. The quantitative estimate of drug-likeness (QED) is 0.503. The first-order valence-corrected chi connectivity index (χ1v) is 11.1. The summed E-state index contributed by atoms with van der Waals surface area (Å²) in [7, 11) is 0. The largest absolute Gasteiger partial charge is 0.438 e. The van der Waals surface area contributed by atoms with Crippen LogP contribution in [0.4, 0.5) is 16.2 Å². The number of hydrogen-bond donors (Lipinski definition) is 2. The molecule has 0 radical (unpaired) electrons. The van der Waals surface area contributed by atoms with Gasteiger partial charge in [-0.05, 0) is 55.2 Å². The van der Waals surface area contributed by atoms with Crippen LogP contribution in [-0.4, -0.2) is 34.3 Å². The van der Waals surface area contributed by atoms with Crippen LogP contribution in [0.2, 0.25) is 0 Å². The predicted octanol–water partition coefficient (Wildman–Crippen LogP) is 5.63. The minimum absolute atomic E-state index is 0.289. The maximum atomic E-state index is 13.5. The lowest BCUT2D eigenvalue weighted by atomic mass is 9.94. The molecule has 0 spiro atoms. The van der Waals surface area contributed by atoms with Crippen molar-refractivity contribution in [3.8, 4) is 22.6 Å². The van der Waals surface area contributed by atoms with Gasteiger partial charge in [0.1, 0.15) is 30.4 Å². The van der Waals surface area contributed by atoms with Gasteiger partial charge in [-0.1, -0.05) is 13.3 Å². The van der Waals surface area contributed by atoms with Crippen molar-refractivity contribution in [2.75, 3.05) is 18.4 Å². The Hall–Kier alpha value is -2.77. The molecule has 0 amide bonds. The minimum atomic E-state index is -0.304. The molecule has 0 atom stereocenters. The van der Waals surface area contributed by atoms with E-state index in [9.17, 15) is 9.60 Å². The minimum Gasteiger partial charge on any atom is -0.392 e. The molecular formula is C24H28FN4O2+. The lowest BCUT2D eigenvalue weighted by molar-refractivity contribution is -0.117. The van der Waals surface area contributed by atoms with Gasteiger partial charge in [0.15, 0.2) is 5.76 Å². The molecule has 1 aliphatic heterocycles. The Morgan fingerprint density at radius 1 is 1.10 bits per heavy atom. The molecule has 1 aliphatic carbocycles. The van der Waals surface area contributed by atoms with E-state index in [1.807, 2.05) is 12.1 Å². The molecule has 2 aromatic heterocycles. The first kappa shape index (κ1) is 20.2. The lowest BCUT2D eigenvalue weighted by Crippen LogP contribution is -2.51. The van der Waals surface area contributed by atoms with Gasteiger partial charge in [0, 0.05) is 36.2 Å². The lowest BCUT2D eigenvalue weighted by Gasteiger charge is -2.32. The van der Waals surface area contributed by atoms with Crippen molar-refractivity contribution in [1.82, 2.24) is 14.6 Å². The van der Waals surface area contributed by atoms with E-state index in [1.54, 1.807) is 18.3 Å². The van der Waals surface area contributed by atoms with Crippen LogP contribution in [0.5, 0.6) is 0 Å². The highest BCUT2D eigenvalue weighted by Crippen LogP contribution is 2.39. The van der Waals surface area contributed by atoms with Crippen LogP contribution in [0, 0.1) is 11.7 Å². The smallest absolute Gasteiger partial charge is 0.392 e. The Balaban J connectivity index is 1.55. The van der Waals surface area contributed by atoms with Crippen LogP contribution in [0.1, 0.15) is 39.0 Å². The number of nitrogens with one attached hydrogen (secondary N) is 1. The van der Waals surface area contributed by atoms with Gasteiger partial charge in [-0.15, -0.1) is 4.65 Å². The Morgan fingerprint density at radius 3 is 2.52 bits per heavy atom. The summed E-state index contributed by atoms with van der Waals surface area (Å²) < 4.78 is 19.5. The van der Waals surface area contributed by atoms with E-state index in [0.29, 0.717) is 36.5 Å². The van der Waals surface area contributed by atoms with E-state index in [0.717, 1.165) is 49.0 Å². The number of oxazole rings is 1. The number of rotatable bonds is 6. The molecule has 162 valence electrons. The monoisotopic (exact) mass is 423 g/mol. The molecule has 7 heteroatoms. The maximum Gasteiger partial charge on any atom is 0.438 e. The summed E-state index contributed by atoms with van der Waals surface area (Å²) in [5.74, 6) is 1.67. The average Bonchev–Trinajstić information content (AvgIpc) is 3.48. The van der Waals surface area contributed by atoms with E-state index >= 15 is 0 Å². The van der Waals surface area contributed by atoms with E-state index < -0.39 is 0 Å². The van der Waals surface area contributed by atoms with Crippen molar-refractivity contribution in [2.45, 2.75) is 45.1 Å². The summed E-state index contributed by atoms with van der Waals surface area (Å²) in [6.45, 7) is 3.34. The number of nitrogens with zero attached hydrogens (tertiary/aromatic N) is 3. The number of aromatic nitrogens is 2. The summed E-state index contributed by atoms with van der Waals surface area (Å²) in [5.41, 5.74) is 2.17. The molecule has 31 heavy (non-hydrogen) atoms. The van der Waals surface area contributed by atoms with E-state index in [-0.39, 0.29) is 16.5 Å². The molecule has 1 saturated heterocycles. The van der Waals surface area contributed by atoms with Gasteiger partial charge < -0.3 is 9.73 Å². The number of hydroxylamine groups is 2. The molecule has 2 N–H and O–H groups in total. The molecular weight excluding hydrogens is 395 g/mol. The van der Waals surface area contributed by atoms with Crippen molar-refractivity contribution in [3.05, 3.63) is 48.4 Å². The van der Waals surface area contributed by atoms with Crippen molar-refractivity contribution < 1.29 is 14.0 Å². The van der Waals surface area contributed by atoms with Gasteiger partial charge in [0.05, 0.1) is 0 Å². The highest BCUT2D eigenvalue weighted by molar-refractivity contribution is 5.78. The average molecular weight is 424 g/mol. The van der Waals surface area contributed by atoms with Gasteiger partial charge in [0.25, 0.3) is 0 Å². The second-order valence-electron chi connectivity index (χ2n) is 8.75. The summed E-state index contributed by atoms with van der Waals surface area (Å²) in [6.07, 6.45) is 7.03. The Labute approximate surface area is 181 Å². The Bertz CT molecular complexity index is 1050. The van der Waals surface area contributed by atoms with Crippen LogP contribution in [0.3, 0.4) is 0 Å². The SMILES string of the molecule is CCC1CC[N+](O)(c2nc(-c3ccc(F)cc3)c(-c3ccnc(NC4CC4)c3)o2)CC1. The van der Waals surface area contributed by atoms with Gasteiger partial charge in [-0.3, -0.25) is 0 Å². The molecule has 5 rings (SSSR count). The maximum absolute atomic E-state index is 13.5. The first-order valence-electron chi connectivity index (χ1n) is 11.1. The number of piperidine rings is 1. The topological polar surface area (TPSA) is 71.2 Å². The molecule has 3 aromatic rings. The van der Waals surface area contributed by atoms with Gasteiger partial charge in [-0.2, -0.15) is 4.98 Å². The standard InChI is InChI=1S/C24H28FN4O2/c1-2-16-10-13-29(30,14-11-16)24-28-22(17-3-5-19(25)6-4-17)23(31-24)18-9-12-26-21(15-18)27-20-7-8-20/h3-6,9,12,15-16,20,30H,2,7-8,10-11,13-14H2,1H3,(H,26,27)/q+1. The number of pyridine rings is 1. The van der Waals surface area contributed by atoms with E-state index in [2.05, 4.69) is 17.2 Å². The Kier molecular flexibility index (Phi) is 5.24. The van der Waals surface area contributed by atoms with Crippen LogP contribution < -0.4 is 9.96 Å². The third-order valence-corrected chi connectivity index (χ3v) is 6.43. The summed E-state index contributed by atoms with van der Waals surface area (Å²) in [6, 6.07) is 10.8. The van der Waals surface area contributed by atoms with Crippen LogP contribution in [0.15, 0.2) is 47.0 Å². The summed E-state index contributed by atoms with van der Waals surface area (Å²) in [5, 5.41) is 14.7. The zero-order valence-electron chi connectivity index (χ0n) is 17.7. The highest BCUT2D eigenvalue weighted by atomic mass is 19.1. The second-order valence-corrected chi connectivity index (χ2v) is 8.75. The van der Waals surface area contributed by atoms with Crippen molar-refractivity contribution >= 4 is 11.8 Å². The molecule has 0 unspecified atom stereocenters. The third-order valence-electron chi connectivity index (χ3n) is 6.43. The molecule has 6 nitrogen and oxygen atoms in total. The van der Waals surface area contributed by atoms with Crippen molar-refractivity contribution in [3.63, 3.8) is 0 Å². The summed E-state index contributed by atoms with van der Waals surface area (Å²) >= 11 is 0. The molecule has 1 aromatic carbocycles. The van der Waals surface area contributed by atoms with E-state index in [1.165, 1.54) is 12.1 Å². The normalized spacial score (nSPS) is 23.6. The van der Waals surface area contributed by atoms with Crippen molar-refractivity contribution in [1.29, 1.82) is 0 Å². The first-order chi connectivity index (χ1) is 15.0. The zero-order chi connectivity index (χ0) is 21.4. The third kappa shape index (κ3) is 4.20. The fourth-order valence-electron chi connectivity index (χ4n) is 4.22. The van der Waals surface area contributed by atoms with E-state index in [4.69, 9.17) is 9.40 Å². The number of halogens is 1. The summed E-state index contributed by atoms with van der Waals surface area (Å²) in [4.78, 5) is 9.14. The van der Waals surface area contributed by atoms with Gasteiger partial charge >= 0.3 is 6.01 Å². The molecule has 0 bridgehead atoms. The second kappa shape index (κ2) is 8.05. The number of quaternary nitrogens is 1. The molecule has 2 aliphatic rings. The fourth-order valence-corrected chi connectivity index (χ4v) is 4.22. The predicted molar refractivity (Wildman–Crippen MR) is 118 cm³/mol. The van der Waals surface area contributed by atoms with Gasteiger partial charge in [0.2, 0.25) is 0 Å². The zero-order valence-corrected chi connectivity index (χ0v) is 17.7. The number of hydrogen-bond acceptors (Lipinski definition) is 5. The van der Waals surface area contributed by atoms with Crippen LogP contribution >= 0.6 is 0 Å². The molecule has 1 saturated carbocycles. The van der Waals surface area contributed by atoms with Crippen molar-refractivity contribution in [2.24, 2.45) is 5.92 Å². The van der Waals surface area contributed by atoms with Gasteiger partial charge in [-0.25, -0.2) is 14.6 Å². The number of benzene rings is 1.